The number of hydrogen-bond acceptors (Lipinski definition) is 2. The van der Waals surface area contributed by atoms with Gasteiger partial charge in [0.2, 0.25) is 0 Å². The highest BCUT2D eigenvalue weighted by atomic mass is 35.5. The molecule has 1 aliphatic rings. The van der Waals surface area contributed by atoms with Crippen LogP contribution in [-0.2, 0) is 0 Å². The highest BCUT2D eigenvalue weighted by Crippen LogP contribution is 2.17. The lowest BCUT2D eigenvalue weighted by molar-refractivity contribution is 0.626. The molecule has 2 rings (SSSR count). The summed E-state index contributed by atoms with van der Waals surface area (Å²) >= 11 is 5.98. The van der Waals surface area contributed by atoms with Gasteiger partial charge >= 0.3 is 0 Å². The topological polar surface area (TPSA) is 24.4 Å². The van der Waals surface area contributed by atoms with Gasteiger partial charge in [0.1, 0.15) is 11.7 Å². The zero-order chi connectivity index (χ0) is 11.5. The summed E-state index contributed by atoms with van der Waals surface area (Å²) in [6.45, 7) is 2.03. The molecule has 2 nitrogen and oxygen atoms in total. The Morgan fingerprint density at radius 1 is 1.50 bits per heavy atom. The second-order valence-corrected chi connectivity index (χ2v) is 4.04. The lowest BCUT2D eigenvalue weighted by Crippen LogP contribution is -2.37. The summed E-state index contributed by atoms with van der Waals surface area (Å²) in [6.07, 6.45) is 2.48. The van der Waals surface area contributed by atoms with E-state index in [4.69, 9.17) is 11.6 Å². The van der Waals surface area contributed by atoms with Gasteiger partial charge in [-0.15, -0.1) is 0 Å². The second-order valence-electron chi connectivity index (χ2n) is 3.61. The third kappa shape index (κ3) is 2.25. The van der Waals surface area contributed by atoms with E-state index in [2.05, 4.69) is 10.3 Å². The number of nitrogens with zero attached hydrogens (tertiary/aromatic N) is 1. The maximum atomic E-state index is 13.1. The molecule has 1 aromatic rings. The minimum atomic E-state index is -0.268. The number of aliphatic imine (C=N–C) groups is 1. The van der Waals surface area contributed by atoms with E-state index in [1.807, 2.05) is 13.0 Å². The van der Waals surface area contributed by atoms with Crippen molar-refractivity contribution in [1.29, 1.82) is 0 Å². The zero-order valence-electron chi connectivity index (χ0n) is 8.87. The molecular formula is C12H12ClFN2. The molecule has 1 unspecified atom stereocenters. The average Bonchev–Trinajstić information content (AvgIpc) is 2.29. The Balaban J connectivity index is 2.30. The summed E-state index contributed by atoms with van der Waals surface area (Å²) in [4.78, 5) is 4.16. The minimum Gasteiger partial charge on any atom is -0.362 e. The van der Waals surface area contributed by atoms with Crippen LogP contribution in [0.25, 0.3) is 0 Å². The van der Waals surface area contributed by atoms with E-state index >= 15 is 0 Å². The summed E-state index contributed by atoms with van der Waals surface area (Å²) in [6, 6.07) is 6.40. The average molecular weight is 239 g/mol. The lowest BCUT2D eigenvalue weighted by atomic mass is 10.1. The Hall–Kier alpha value is -1.35. The highest BCUT2D eigenvalue weighted by Gasteiger charge is 2.17. The number of nitrogens with one attached hydrogen (secondary N) is 1. The van der Waals surface area contributed by atoms with Gasteiger partial charge in [0, 0.05) is 11.8 Å². The fraction of sp³-hybridized carbons (Fsp3) is 0.250. The van der Waals surface area contributed by atoms with Crippen molar-refractivity contribution in [2.24, 2.45) is 4.99 Å². The lowest BCUT2D eigenvalue weighted by Gasteiger charge is -2.22. The zero-order valence-corrected chi connectivity index (χ0v) is 9.63. The Labute approximate surface area is 98.8 Å². The summed E-state index contributed by atoms with van der Waals surface area (Å²) in [5.41, 5.74) is 0.735. The molecule has 0 amide bonds. The smallest absolute Gasteiger partial charge is 0.133 e. The Morgan fingerprint density at radius 3 is 3.00 bits per heavy atom. The quantitative estimate of drug-likeness (QED) is 0.842. The molecular weight excluding hydrogens is 227 g/mol. The molecule has 0 radical (unpaired) electrons. The van der Waals surface area contributed by atoms with Crippen LogP contribution in [0.4, 0.5) is 4.39 Å². The van der Waals surface area contributed by atoms with Crippen LogP contribution in [0.2, 0.25) is 0 Å². The summed E-state index contributed by atoms with van der Waals surface area (Å²) in [5.74, 6) is 0.395. The number of halogens is 2. The summed E-state index contributed by atoms with van der Waals surface area (Å²) in [7, 11) is 0. The molecule has 0 aromatic heterocycles. The molecule has 1 aliphatic heterocycles. The minimum absolute atomic E-state index is 0.0671. The largest absolute Gasteiger partial charge is 0.362 e. The SMILES string of the molecule is CCC1NC(c2cccc(F)c2)=NC=C1Cl. The van der Waals surface area contributed by atoms with Crippen molar-refractivity contribution in [3.8, 4) is 0 Å². The molecule has 0 aliphatic carbocycles. The van der Waals surface area contributed by atoms with Gasteiger partial charge in [-0.25, -0.2) is 9.38 Å². The molecule has 0 fully saturated rings. The van der Waals surface area contributed by atoms with Gasteiger partial charge in [-0.1, -0.05) is 30.7 Å². The van der Waals surface area contributed by atoms with Crippen LogP contribution in [0.3, 0.4) is 0 Å². The van der Waals surface area contributed by atoms with Crippen molar-refractivity contribution in [1.82, 2.24) is 5.32 Å². The van der Waals surface area contributed by atoms with Crippen molar-refractivity contribution in [3.63, 3.8) is 0 Å². The molecule has 0 spiro atoms. The van der Waals surface area contributed by atoms with Gasteiger partial charge in [0.25, 0.3) is 0 Å². The standard InChI is InChI=1S/C12H12ClFN2/c1-2-11-10(13)7-15-12(16-11)8-4-3-5-9(14)6-8/h3-7,11H,2H2,1H3,(H,15,16). The molecule has 0 saturated carbocycles. The third-order valence-corrected chi connectivity index (χ3v) is 2.83. The van der Waals surface area contributed by atoms with E-state index in [1.165, 1.54) is 12.1 Å². The van der Waals surface area contributed by atoms with Gasteiger partial charge in [0.15, 0.2) is 0 Å². The summed E-state index contributed by atoms with van der Waals surface area (Å²) in [5, 5.41) is 3.86. The van der Waals surface area contributed by atoms with Gasteiger partial charge < -0.3 is 5.32 Å². The van der Waals surface area contributed by atoms with E-state index in [0.29, 0.717) is 10.9 Å². The Morgan fingerprint density at radius 2 is 2.31 bits per heavy atom. The van der Waals surface area contributed by atoms with E-state index in [1.54, 1.807) is 12.3 Å². The van der Waals surface area contributed by atoms with Crippen LogP contribution < -0.4 is 5.32 Å². The predicted octanol–water partition coefficient (Wildman–Crippen LogP) is 3.03. The van der Waals surface area contributed by atoms with E-state index in [9.17, 15) is 4.39 Å². The maximum absolute atomic E-state index is 13.1. The molecule has 0 saturated heterocycles. The molecule has 1 atom stereocenters. The molecule has 1 heterocycles. The van der Waals surface area contributed by atoms with Crippen molar-refractivity contribution < 1.29 is 4.39 Å². The number of rotatable bonds is 2. The van der Waals surface area contributed by atoms with Gasteiger partial charge in [-0.3, -0.25) is 0 Å². The van der Waals surface area contributed by atoms with E-state index < -0.39 is 0 Å². The second kappa shape index (κ2) is 4.66. The van der Waals surface area contributed by atoms with Crippen LogP contribution >= 0.6 is 11.6 Å². The van der Waals surface area contributed by atoms with Crippen molar-refractivity contribution in [2.45, 2.75) is 19.4 Å². The third-order valence-electron chi connectivity index (χ3n) is 2.47. The Kier molecular flexibility index (Phi) is 3.25. The normalized spacial score (nSPS) is 19.8. The first-order chi connectivity index (χ1) is 7.70. The summed E-state index contributed by atoms with van der Waals surface area (Å²) < 4.78 is 13.1. The van der Waals surface area contributed by atoms with Crippen LogP contribution in [0.5, 0.6) is 0 Å². The van der Waals surface area contributed by atoms with E-state index in [-0.39, 0.29) is 11.9 Å². The number of benzene rings is 1. The fourth-order valence-electron chi connectivity index (χ4n) is 1.58. The molecule has 16 heavy (non-hydrogen) atoms. The first-order valence-electron chi connectivity index (χ1n) is 5.16. The van der Waals surface area contributed by atoms with Gasteiger partial charge in [-0.05, 0) is 18.6 Å². The van der Waals surface area contributed by atoms with Crippen molar-refractivity contribution >= 4 is 17.4 Å². The van der Waals surface area contributed by atoms with Crippen LogP contribution in [-0.4, -0.2) is 11.9 Å². The fourth-order valence-corrected chi connectivity index (χ4v) is 1.84. The van der Waals surface area contributed by atoms with Crippen LogP contribution in [0, 0.1) is 5.82 Å². The van der Waals surface area contributed by atoms with Crippen LogP contribution in [0.15, 0.2) is 40.5 Å². The Bertz CT molecular complexity index is 454. The number of hydrogen-bond donors (Lipinski definition) is 1. The van der Waals surface area contributed by atoms with Crippen molar-refractivity contribution in [2.75, 3.05) is 0 Å². The predicted molar refractivity (Wildman–Crippen MR) is 64.1 cm³/mol. The molecule has 0 bridgehead atoms. The molecule has 4 heteroatoms. The first-order valence-corrected chi connectivity index (χ1v) is 5.54. The van der Waals surface area contributed by atoms with Gasteiger partial charge in [-0.2, -0.15) is 0 Å². The first kappa shape index (κ1) is 11.1. The maximum Gasteiger partial charge on any atom is 0.133 e. The number of amidine groups is 1. The highest BCUT2D eigenvalue weighted by molar-refractivity contribution is 6.30. The van der Waals surface area contributed by atoms with Gasteiger partial charge in [0.05, 0.1) is 11.1 Å². The molecule has 84 valence electrons. The monoisotopic (exact) mass is 238 g/mol. The van der Waals surface area contributed by atoms with Crippen molar-refractivity contribution in [3.05, 3.63) is 46.9 Å². The van der Waals surface area contributed by atoms with E-state index in [0.717, 1.165) is 12.0 Å². The van der Waals surface area contributed by atoms with Crippen LogP contribution in [0.1, 0.15) is 18.9 Å². The molecule has 1 N–H and O–H groups in total. The molecule has 1 aromatic carbocycles.